The quantitative estimate of drug-likeness (QED) is 0.584. The minimum Gasteiger partial charge on any atom is -0.379 e. The van der Waals surface area contributed by atoms with Crippen molar-refractivity contribution in [2.24, 2.45) is 5.84 Å². The second kappa shape index (κ2) is 5.73. The van der Waals surface area contributed by atoms with Crippen molar-refractivity contribution in [1.82, 2.24) is 4.98 Å². The largest absolute Gasteiger partial charge is 0.379 e. The van der Waals surface area contributed by atoms with E-state index in [1.54, 1.807) is 6.07 Å². The summed E-state index contributed by atoms with van der Waals surface area (Å²) in [6, 6.07) is 1.83. The van der Waals surface area contributed by atoms with Gasteiger partial charge in [-0.3, -0.25) is 0 Å². The monoisotopic (exact) mass is 276 g/mol. The lowest BCUT2D eigenvalue weighted by Crippen LogP contribution is -2.30. The van der Waals surface area contributed by atoms with Crippen molar-refractivity contribution in [3.05, 3.63) is 16.1 Å². The fraction of sp³-hybridized carbons (Fsp3) is 0.500. The van der Waals surface area contributed by atoms with Gasteiger partial charge in [0.15, 0.2) is 5.82 Å². The summed E-state index contributed by atoms with van der Waals surface area (Å²) in [5, 5.41) is 4.09. The molecule has 17 heavy (non-hydrogen) atoms. The molecule has 0 aromatic carbocycles. The Kier molecular flexibility index (Phi) is 4.28. The maximum atomic E-state index is 6.06. The Bertz CT molecular complexity index is 396. The molecule has 1 aromatic rings. The second-order valence-corrected chi connectivity index (χ2v) is 4.67. The van der Waals surface area contributed by atoms with Crippen LogP contribution in [-0.4, -0.2) is 24.2 Å². The van der Waals surface area contributed by atoms with E-state index < -0.39 is 0 Å². The molecule has 1 saturated heterocycles. The number of pyridine rings is 1. The number of nitrogen functional groups attached to an aromatic ring is 1. The van der Waals surface area contributed by atoms with Crippen LogP contribution in [0.5, 0.6) is 0 Å². The normalized spacial score (nSPS) is 20.1. The van der Waals surface area contributed by atoms with E-state index in [2.05, 4.69) is 15.7 Å². The summed E-state index contributed by atoms with van der Waals surface area (Å²) in [4.78, 5) is 4.22. The molecule has 94 valence electrons. The molecule has 0 saturated carbocycles. The molecule has 0 spiro atoms. The molecule has 0 amide bonds. The molecule has 2 rings (SSSR count). The Morgan fingerprint density at radius 2 is 2.12 bits per heavy atom. The number of nitrogens with zero attached hydrogens (tertiary/aromatic N) is 1. The molecule has 0 radical (unpaired) electrons. The number of ether oxygens (including phenoxy) is 1. The highest BCUT2D eigenvalue weighted by Gasteiger charge is 2.16. The van der Waals surface area contributed by atoms with Crippen molar-refractivity contribution in [1.29, 1.82) is 0 Å². The van der Waals surface area contributed by atoms with Crippen LogP contribution in [0.4, 0.5) is 11.6 Å². The number of anilines is 2. The average molecular weight is 277 g/mol. The molecule has 0 bridgehead atoms. The fourth-order valence-electron chi connectivity index (χ4n) is 1.72. The van der Waals surface area contributed by atoms with E-state index in [-0.39, 0.29) is 6.04 Å². The van der Waals surface area contributed by atoms with Gasteiger partial charge in [-0.1, -0.05) is 23.2 Å². The maximum absolute atomic E-state index is 6.06. The van der Waals surface area contributed by atoms with Crippen LogP contribution in [0.15, 0.2) is 6.07 Å². The molecule has 2 heterocycles. The van der Waals surface area contributed by atoms with Gasteiger partial charge in [0.2, 0.25) is 0 Å². The number of nitrogens with two attached hydrogens (primary N) is 1. The van der Waals surface area contributed by atoms with Crippen molar-refractivity contribution in [2.45, 2.75) is 18.9 Å². The summed E-state index contributed by atoms with van der Waals surface area (Å²) >= 11 is 12.0. The molecular weight excluding hydrogens is 263 g/mol. The van der Waals surface area contributed by atoms with Crippen LogP contribution in [0, 0.1) is 0 Å². The number of hydrazine groups is 1. The molecule has 7 heteroatoms. The first kappa shape index (κ1) is 12.7. The summed E-state index contributed by atoms with van der Waals surface area (Å²) in [7, 11) is 0. The Morgan fingerprint density at radius 1 is 1.35 bits per heavy atom. The lowest BCUT2D eigenvalue weighted by Gasteiger charge is -2.24. The third-order valence-corrected chi connectivity index (χ3v) is 3.14. The number of hydrogen-bond donors (Lipinski definition) is 3. The minimum absolute atomic E-state index is 0.223. The van der Waals surface area contributed by atoms with Gasteiger partial charge in [0.25, 0.3) is 0 Å². The first-order chi connectivity index (χ1) is 8.20. The maximum Gasteiger partial charge on any atom is 0.161 e. The summed E-state index contributed by atoms with van der Waals surface area (Å²) in [5.74, 6) is 6.28. The average Bonchev–Trinajstić information content (AvgIpc) is 2.34. The van der Waals surface area contributed by atoms with Crippen molar-refractivity contribution >= 4 is 34.8 Å². The summed E-state index contributed by atoms with van der Waals surface area (Å²) < 4.78 is 5.37. The molecule has 5 nitrogen and oxygen atoms in total. The molecular formula is C10H14Cl2N4O. The summed E-state index contributed by atoms with van der Waals surface area (Å²) in [5.41, 5.74) is 2.43. The van der Waals surface area contributed by atoms with E-state index in [4.69, 9.17) is 33.8 Å². The zero-order valence-corrected chi connectivity index (χ0v) is 10.7. The molecule has 1 aliphatic heterocycles. The van der Waals surface area contributed by atoms with Crippen LogP contribution in [0.3, 0.4) is 0 Å². The van der Waals surface area contributed by atoms with E-state index in [1.807, 2.05) is 0 Å². The predicted molar refractivity (Wildman–Crippen MR) is 69.5 cm³/mol. The Hall–Kier alpha value is -0.750. The SMILES string of the molecule is NNc1nc(NC2CCCOC2)c(Cl)cc1Cl. The van der Waals surface area contributed by atoms with Crippen LogP contribution in [0.2, 0.25) is 10.0 Å². The van der Waals surface area contributed by atoms with Gasteiger partial charge in [0.1, 0.15) is 5.82 Å². The third kappa shape index (κ3) is 3.13. The Morgan fingerprint density at radius 3 is 2.76 bits per heavy atom. The van der Waals surface area contributed by atoms with E-state index in [1.165, 1.54) is 0 Å². The van der Waals surface area contributed by atoms with Gasteiger partial charge in [0.05, 0.1) is 22.7 Å². The van der Waals surface area contributed by atoms with Gasteiger partial charge < -0.3 is 15.5 Å². The first-order valence-corrected chi connectivity index (χ1v) is 6.13. The van der Waals surface area contributed by atoms with E-state index in [0.29, 0.717) is 28.3 Å². The minimum atomic E-state index is 0.223. The molecule has 1 unspecified atom stereocenters. The lowest BCUT2D eigenvalue weighted by atomic mass is 10.1. The Balaban J connectivity index is 2.13. The van der Waals surface area contributed by atoms with Crippen molar-refractivity contribution in [3.8, 4) is 0 Å². The van der Waals surface area contributed by atoms with Crippen LogP contribution >= 0.6 is 23.2 Å². The molecule has 1 aromatic heterocycles. The van der Waals surface area contributed by atoms with E-state index in [0.717, 1.165) is 19.4 Å². The number of nitrogens with one attached hydrogen (secondary N) is 2. The number of hydrogen-bond acceptors (Lipinski definition) is 5. The van der Waals surface area contributed by atoms with Gasteiger partial charge in [-0.2, -0.15) is 0 Å². The van der Waals surface area contributed by atoms with Gasteiger partial charge in [-0.25, -0.2) is 10.8 Å². The highest BCUT2D eigenvalue weighted by molar-refractivity contribution is 6.37. The molecule has 4 N–H and O–H groups in total. The zero-order chi connectivity index (χ0) is 12.3. The summed E-state index contributed by atoms with van der Waals surface area (Å²) in [6.07, 6.45) is 2.07. The highest BCUT2D eigenvalue weighted by Crippen LogP contribution is 2.29. The standard InChI is InChI=1S/C10H14Cl2N4O/c11-7-4-8(12)10(16-13)15-9(7)14-6-2-1-3-17-5-6/h4,6H,1-3,5,13H2,(H2,14,15,16). The van der Waals surface area contributed by atoms with Gasteiger partial charge >= 0.3 is 0 Å². The van der Waals surface area contributed by atoms with E-state index >= 15 is 0 Å². The summed E-state index contributed by atoms with van der Waals surface area (Å²) in [6.45, 7) is 1.47. The van der Waals surface area contributed by atoms with Crippen molar-refractivity contribution < 1.29 is 4.74 Å². The van der Waals surface area contributed by atoms with Crippen LogP contribution in [0.1, 0.15) is 12.8 Å². The second-order valence-electron chi connectivity index (χ2n) is 3.85. The molecule has 1 atom stereocenters. The fourth-order valence-corrected chi connectivity index (χ4v) is 2.18. The van der Waals surface area contributed by atoms with Crippen LogP contribution in [-0.2, 0) is 4.74 Å². The number of aromatic nitrogens is 1. The van der Waals surface area contributed by atoms with Crippen molar-refractivity contribution in [3.63, 3.8) is 0 Å². The predicted octanol–water partition coefficient (Wildman–Crippen LogP) is 2.26. The number of rotatable bonds is 3. The molecule has 0 aliphatic carbocycles. The topological polar surface area (TPSA) is 72.2 Å². The Labute approximate surface area is 110 Å². The van der Waals surface area contributed by atoms with E-state index in [9.17, 15) is 0 Å². The van der Waals surface area contributed by atoms with Crippen molar-refractivity contribution in [2.75, 3.05) is 24.0 Å². The van der Waals surface area contributed by atoms with Crippen LogP contribution in [0.25, 0.3) is 0 Å². The third-order valence-electron chi connectivity index (χ3n) is 2.57. The molecule has 1 aliphatic rings. The van der Waals surface area contributed by atoms with Gasteiger partial charge in [-0.15, -0.1) is 0 Å². The van der Waals surface area contributed by atoms with Crippen LogP contribution < -0.4 is 16.6 Å². The zero-order valence-electron chi connectivity index (χ0n) is 9.17. The lowest BCUT2D eigenvalue weighted by molar-refractivity contribution is 0.0875. The molecule has 1 fully saturated rings. The number of halogens is 2. The smallest absolute Gasteiger partial charge is 0.161 e. The highest BCUT2D eigenvalue weighted by atomic mass is 35.5. The first-order valence-electron chi connectivity index (χ1n) is 5.37. The van der Waals surface area contributed by atoms with Gasteiger partial charge in [-0.05, 0) is 18.9 Å². The van der Waals surface area contributed by atoms with Gasteiger partial charge in [0, 0.05) is 6.61 Å².